The van der Waals surface area contributed by atoms with Crippen molar-refractivity contribution < 1.29 is 0 Å². The molecular weight excluding hydrogens is 216 g/mol. The zero-order valence-electron chi connectivity index (χ0n) is 9.40. The van der Waals surface area contributed by atoms with E-state index in [2.05, 4.69) is 46.9 Å². The third kappa shape index (κ3) is 2.36. The monoisotopic (exact) mass is 230 g/mol. The average Bonchev–Trinajstić information content (AvgIpc) is 2.39. The van der Waals surface area contributed by atoms with Crippen molar-refractivity contribution in [3.63, 3.8) is 0 Å². The van der Waals surface area contributed by atoms with Gasteiger partial charge in [0.1, 0.15) is 0 Å². The molecule has 82 valence electrons. The van der Waals surface area contributed by atoms with Crippen LogP contribution in [-0.4, -0.2) is 18.3 Å². The summed E-state index contributed by atoms with van der Waals surface area (Å²) in [5, 5.41) is 3.12. The maximum absolute atomic E-state index is 4.38. The van der Waals surface area contributed by atoms with Gasteiger partial charge in [-0.2, -0.15) is 0 Å². The summed E-state index contributed by atoms with van der Waals surface area (Å²) in [7, 11) is 1.91. The van der Waals surface area contributed by atoms with Crippen molar-refractivity contribution in [1.29, 1.82) is 0 Å². The van der Waals surface area contributed by atoms with Crippen molar-refractivity contribution in [2.24, 2.45) is 0 Å². The van der Waals surface area contributed by atoms with Crippen LogP contribution in [0.2, 0.25) is 0 Å². The molecule has 1 heterocycles. The standard InChI is InChI=1S/C13H14N2S/c1-14-11-6-7-15-13(9-11)10-4-3-5-12(8-10)16-2/h3-9H,1-2H3,(H,14,15). The lowest BCUT2D eigenvalue weighted by Gasteiger charge is -2.05. The molecule has 1 N–H and O–H groups in total. The Balaban J connectivity index is 2.41. The minimum atomic E-state index is 1.00. The lowest BCUT2D eigenvalue weighted by molar-refractivity contribution is 1.30. The summed E-state index contributed by atoms with van der Waals surface area (Å²) < 4.78 is 0. The highest BCUT2D eigenvalue weighted by molar-refractivity contribution is 7.98. The second kappa shape index (κ2) is 5.03. The lowest BCUT2D eigenvalue weighted by atomic mass is 10.1. The fourth-order valence-corrected chi connectivity index (χ4v) is 1.99. The molecule has 0 spiro atoms. The van der Waals surface area contributed by atoms with E-state index in [0.717, 1.165) is 16.9 Å². The molecule has 0 saturated heterocycles. The molecular formula is C13H14N2S. The van der Waals surface area contributed by atoms with E-state index < -0.39 is 0 Å². The third-order valence-electron chi connectivity index (χ3n) is 2.41. The van der Waals surface area contributed by atoms with Gasteiger partial charge in [0.15, 0.2) is 0 Å². The van der Waals surface area contributed by atoms with Gasteiger partial charge >= 0.3 is 0 Å². The predicted molar refractivity (Wildman–Crippen MR) is 71.0 cm³/mol. The third-order valence-corrected chi connectivity index (χ3v) is 3.14. The first-order valence-corrected chi connectivity index (χ1v) is 6.34. The van der Waals surface area contributed by atoms with Gasteiger partial charge in [-0.15, -0.1) is 11.8 Å². The molecule has 2 aromatic rings. The highest BCUT2D eigenvalue weighted by Crippen LogP contribution is 2.24. The molecule has 0 aliphatic rings. The van der Waals surface area contributed by atoms with Crippen LogP contribution in [0.25, 0.3) is 11.3 Å². The number of aromatic nitrogens is 1. The number of nitrogens with one attached hydrogen (secondary N) is 1. The van der Waals surface area contributed by atoms with Crippen LogP contribution in [-0.2, 0) is 0 Å². The molecule has 0 fully saturated rings. The van der Waals surface area contributed by atoms with Crippen molar-refractivity contribution in [1.82, 2.24) is 4.98 Å². The fraction of sp³-hybridized carbons (Fsp3) is 0.154. The Morgan fingerprint density at radius 1 is 1.19 bits per heavy atom. The SMILES string of the molecule is CNc1ccnc(-c2cccc(SC)c2)c1. The summed E-state index contributed by atoms with van der Waals surface area (Å²) in [6, 6.07) is 12.4. The van der Waals surface area contributed by atoms with Crippen LogP contribution in [0.4, 0.5) is 5.69 Å². The molecule has 3 heteroatoms. The van der Waals surface area contributed by atoms with Crippen LogP contribution in [0, 0.1) is 0 Å². The molecule has 2 nitrogen and oxygen atoms in total. The lowest BCUT2D eigenvalue weighted by Crippen LogP contribution is -1.90. The molecule has 16 heavy (non-hydrogen) atoms. The molecule has 0 atom stereocenters. The van der Waals surface area contributed by atoms with Gasteiger partial charge in [-0.25, -0.2) is 0 Å². The summed E-state index contributed by atoms with van der Waals surface area (Å²) in [5.41, 5.74) is 3.24. The number of anilines is 1. The van der Waals surface area contributed by atoms with E-state index in [1.54, 1.807) is 11.8 Å². The van der Waals surface area contributed by atoms with Gasteiger partial charge in [0, 0.05) is 29.4 Å². The Bertz CT molecular complexity index is 437. The molecule has 1 aromatic heterocycles. The molecule has 0 aliphatic carbocycles. The van der Waals surface area contributed by atoms with E-state index in [9.17, 15) is 0 Å². The van der Waals surface area contributed by atoms with Crippen molar-refractivity contribution in [2.45, 2.75) is 4.90 Å². The van der Waals surface area contributed by atoms with Gasteiger partial charge in [-0.3, -0.25) is 4.98 Å². The van der Waals surface area contributed by atoms with Crippen LogP contribution >= 0.6 is 11.8 Å². The summed E-state index contributed by atoms with van der Waals surface area (Å²) in [6.45, 7) is 0. The maximum atomic E-state index is 4.38. The summed E-state index contributed by atoms with van der Waals surface area (Å²) in [6.07, 6.45) is 3.91. The zero-order chi connectivity index (χ0) is 11.4. The predicted octanol–water partition coefficient (Wildman–Crippen LogP) is 3.51. The van der Waals surface area contributed by atoms with Gasteiger partial charge < -0.3 is 5.32 Å². The number of nitrogens with zero attached hydrogens (tertiary/aromatic N) is 1. The average molecular weight is 230 g/mol. The number of rotatable bonds is 3. The molecule has 0 bridgehead atoms. The largest absolute Gasteiger partial charge is 0.388 e. The fourth-order valence-electron chi connectivity index (χ4n) is 1.53. The first-order chi connectivity index (χ1) is 7.83. The van der Waals surface area contributed by atoms with Crippen LogP contribution in [0.5, 0.6) is 0 Å². The van der Waals surface area contributed by atoms with Crippen LogP contribution in [0.15, 0.2) is 47.5 Å². The Morgan fingerprint density at radius 3 is 2.81 bits per heavy atom. The van der Waals surface area contributed by atoms with Crippen molar-refractivity contribution >= 4 is 17.4 Å². The number of hydrogen-bond acceptors (Lipinski definition) is 3. The van der Waals surface area contributed by atoms with E-state index in [0.29, 0.717) is 0 Å². The summed E-state index contributed by atoms with van der Waals surface area (Å²) in [5.74, 6) is 0. The Morgan fingerprint density at radius 2 is 2.06 bits per heavy atom. The Hall–Kier alpha value is -1.48. The van der Waals surface area contributed by atoms with Crippen molar-refractivity contribution in [3.05, 3.63) is 42.6 Å². The number of hydrogen-bond donors (Lipinski definition) is 1. The summed E-state index contributed by atoms with van der Waals surface area (Å²) in [4.78, 5) is 5.64. The van der Waals surface area contributed by atoms with E-state index in [1.165, 1.54) is 4.90 Å². The first kappa shape index (κ1) is 11.0. The number of benzene rings is 1. The van der Waals surface area contributed by atoms with Gasteiger partial charge in [-0.05, 0) is 30.5 Å². The topological polar surface area (TPSA) is 24.9 Å². The van der Waals surface area contributed by atoms with E-state index >= 15 is 0 Å². The molecule has 0 amide bonds. The van der Waals surface area contributed by atoms with Crippen molar-refractivity contribution in [3.8, 4) is 11.3 Å². The second-order valence-electron chi connectivity index (χ2n) is 3.41. The number of pyridine rings is 1. The molecule has 0 radical (unpaired) electrons. The Labute approximate surface area is 100 Å². The van der Waals surface area contributed by atoms with Gasteiger partial charge in [0.2, 0.25) is 0 Å². The molecule has 0 saturated carbocycles. The first-order valence-electron chi connectivity index (χ1n) is 5.11. The minimum Gasteiger partial charge on any atom is -0.388 e. The van der Waals surface area contributed by atoms with E-state index in [1.807, 2.05) is 19.3 Å². The summed E-state index contributed by atoms with van der Waals surface area (Å²) >= 11 is 1.74. The van der Waals surface area contributed by atoms with Crippen LogP contribution in [0.3, 0.4) is 0 Å². The van der Waals surface area contributed by atoms with Gasteiger partial charge in [-0.1, -0.05) is 12.1 Å². The highest BCUT2D eigenvalue weighted by atomic mass is 32.2. The van der Waals surface area contributed by atoms with Crippen LogP contribution in [0.1, 0.15) is 0 Å². The normalized spacial score (nSPS) is 10.1. The maximum Gasteiger partial charge on any atom is 0.0722 e. The minimum absolute atomic E-state index is 1.00. The van der Waals surface area contributed by atoms with Crippen molar-refractivity contribution in [2.75, 3.05) is 18.6 Å². The van der Waals surface area contributed by atoms with E-state index in [-0.39, 0.29) is 0 Å². The van der Waals surface area contributed by atoms with Crippen LogP contribution < -0.4 is 5.32 Å². The Kier molecular flexibility index (Phi) is 3.47. The molecule has 0 aliphatic heterocycles. The quantitative estimate of drug-likeness (QED) is 0.817. The van der Waals surface area contributed by atoms with Gasteiger partial charge in [0.25, 0.3) is 0 Å². The molecule has 2 rings (SSSR count). The molecule has 0 unspecified atom stereocenters. The van der Waals surface area contributed by atoms with Gasteiger partial charge in [0.05, 0.1) is 5.69 Å². The zero-order valence-corrected chi connectivity index (χ0v) is 10.2. The molecule has 1 aromatic carbocycles. The number of thioether (sulfide) groups is 1. The van der Waals surface area contributed by atoms with E-state index in [4.69, 9.17) is 0 Å². The smallest absolute Gasteiger partial charge is 0.0722 e. The second-order valence-corrected chi connectivity index (χ2v) is 4.29. The highest BCUT2D eigenvalue weighted by Gasteiger charge is 2.01.